The van der Waals surface area contributed by atoms with Crippen molar-refractivity contribution in [2.24, 2.45) is 11.3 Å². The summed E-state index contributed by atoms with van der Waals surface area (Å²) in [6, 6.07) is 5.00. The van der Waals surface area contributed by atoms with Gasteiger partial charge in [0.2, 0.25) is 0 Å². The number of aromatic nitrogens is 3. The van der Waals surface area contributed by atoms with Crippen molar-refractivity contribution in [2.45, 2.75) is 50.4 Å². The first-order valence-electron chi connectivity index (χ1n) is 7.96. The predicted octanol–water partition coefficient (Wildman–Crippen LogP) is 3.77. The zero-order valence-electron chi connectivity index (χ0n) is 13.7. The Morgan fingerprint density at radius 2 is 2.21 bits per heavy atom. The van der Waals surface area contributed by atoms with Gasteiger partial charge in [-0.25, -0.2) is 14.1 Å². The molecule has 2 atom stereocenters. The minimum atomic E-state index is -1.03. The summed E-state index contributed by atoms with van der Waals surface area (Å²) in [6.07, 6.45) is 3.52. The van der Waals surface area contributed by atoms with Crippen LogP contribution in [0.3, 0.4) is 0 Å². The summed E-state index contributed by atoms with van der Waals surface area (Å²) in [7, 11) is 0. The van der Waals surface area contributed by atoms with Gasteiger partial charge in [-0.05, 0) is 42.2 Å². The molecule has 1 aliphatic carbocycles. The van der Waals surface area contributed by atoms with E-state index in [1.165, 1.54) is 12.4 Å². The van der Waals surface area contributed by atoms with Crippen LogP contribution in [0.2, 0.25) is 5.02 Å². The number of benzene rings is 1. The summed E-state index contributed by atoms with van der Waals surface area (Å²) in [6.45, 7) is 4.36. The third kappa shape index (κ3) is 2.95. The van der Waals surface area contributed by atoms with Gasteiger partial charge in [-0.1, -0.05) is 37.6 Å². The van der Waals surface area contributed by atoms with E-state index in [9.17, 15) is 9.50 Å². The Kier molecular flexibility index (Phi) is 4.66. The van der Waals surface area contributed by atoms with Crippen LogP contribution in [0.4, 0.5) is 4.39 Å². The van der Waals surface area contributed by atoms with Crippen molar-refractivity contribution in [2.75, 3.05) is 0 Å². The molecule has 7 heteroatoms. The highest BCUT2D eigenvalue weighted by Gasteiger charge is 2.54. The number of nitrogens with zero attached hydrogens (tertiary/aromatic N) is 3. The Morgan fingerprint density at radius 3 is 2.88 bits per heavy atom. The Bertz CT molecular complexity index is 751. The smallest absolute Gasteiger partial charge is 0.183 e. The maximum absolute atomic E-state index is 14.3. The molecular formula is C17H21ClFN3OS. The van der Waals surface area contributed by atoms with E-state index in [0.717, 1.165) is 12.8 Å². The maximum Gasteiger partial charge on any atom is 0.183 e. The first kappa shape index (κ1) is 17.7. The molecule has 130 valence electrons. The lowest BCUT2D eigenvalue weighted by atomic mass is 9.72. The Hall–Kier alpha value is -1.11. The van der Waals surface area contributed by atoms with Crippen molar-refractivity contribution in [3.63, 3.8) is 0 Å². The van der Waals surface area contributed by atoms with E-state index in [4.69, 9.17) is 11.6 Å². The van der Waals surface area contributed by atoms with E-state index in [-0.39, 0.29) is 22.9 Å². The zero-order valence-corrected chi connectivity index (χ0v) is 15.4. The van der Waals surface area contributed by atoms with Crippen molar-refractivity contribution in [3.8, 4) is 0 Å². The molecule has 1 N–H and O–H groups in total. The van der Waals surface area contributed by atoms with Gasteiger partial charge in [0.1, 0.15) is 12.1 Å². The molecule has 1 aromatic heterocycles. The molecule has 3 rings (SSSR count). The van der Waals surface area contributed by atoms with Crippen LogP contribution in [-0.4, -0.2) is 25.5 Å². The van der Waals surface area contributed by atoms with Crippen molar-refractivity contribution < 1.29 is 9.50 Å². The first-order valence-corrected chi connectivity index (χ1v) is 8.79. The van der Waals surface area contributed by atoms with Crippen LogP contribution in [0.15, 0.2) is 29.7 Å². The fourth-order valence-corrected chi connectivity index (χ4v) is 4.09. The molecule has 0 aliphatic heterocycles. The molecule has 0 radical (unpaired) electrons. The van der Waals surface area contributed by atoms with E-state index in [1.807, 2.05) is 13.8 Å². The second kappa shape index (κ2) is 6.32. The van der Waals surface area contributed by atoms with Crippen LogP contribution >= 0.6 is 24.2 Å². The first-order chi connectivity index (χ1) is 11.2. The summed E-state index contributed by atoms with van der Waals surface area (Å²) >= 11 is 10.2. The van der Waals surface area contributed by atoms with Gasteiger partial charge in [0.05, 0.1) is 17.2 Å². The SMILES string of the molecule is CC1(C)CCC(Cc2cccc(Cl)c2F)C1(O)Cn1ncnc1S. The molecule has 0 amide bonds. The summed E-state index contributed by atoms with van der Waals surface area (Å²) in [5.74, 6) is -0.501. The van der Waals surface area contributed by atoms with E-state index in [2.05, 4.69) is 22.7 Å². The van der Waals surface area contributed by atoms with Crippen molar-refractivity contribution in [3.05, 3.63) is 40.9 Å². The zero-order chi connectivity index (χ0) is 17.5. The molecular weight excluding hydrogens is 349 g/mol. The highest BCUT2D eigenvalue weighted by Crippen LogP contribution is 2.51. The molecule has 1 saturated carbocycles. The van der Waals surface area contributed by atoms with Crippen LogP contribution in [-0.2, 0) is 13.0 Å². The van der Waals surface area contributed by atoms with E-state index in [1.54, 1.807) is 16.8 Å². The minimum Gasteiger partial charge on any atom is -0.387 e. The van der Waals surface area contributed by atoms with Gasteiger partial charge >= 0.3 is 0 Å². The molecule has 1 heterocycles. The highest BCUT2D eigenvalue weighted by molar-refractivity contribution is 7.80. The number of thiol groups is 1. The predicted molar refractivity (Wildman–Crippen MR) is 93.8 cm³/mol. The summed E-state index contributed by atoms with van der Waals surface area (Å²) in [5, 5.41) is 16.2. The molecule has 2 aromatic rings. The van der Waals surface area contributed by atoms with Gasteiger partial charge in [-0.15, -0.1) is 12.6 Å². The maximum atomic E-state index is 14.3. The second-order valence-corrected chi connectivity index (χ2v) is 7.99. The number of halogens is 2. The monoisotopic (exact) mass is 369 g/mol. The standard InChI is InChI=1S/C17H21ClFN3OS/c1-16(2)7-6-12(8-11-4-3-5-13(18)14(11)19)17(16,23)9-22-15(24)20-10-21-22/h3-5,10,12,23H,6-9H2,1-2H3,(H,20,21,24). The third-order valence-electron chi connectivity index (χ3n) is 5.45. The van der Waals surface area contributed by atoms with E-state index >= 15 is 0 Å². The third-order valence-corrected chi connectivity index (χ3v) is 6.09. The average Bonchev–Trinajstić information content (AvgIpc) is 3.00. The molecule has 2 unspecified atom stereocenters. The van der Waals surface area contributed by atoms with Crippen LogP contribution in [0.25, 0.3) is 0 Å². The number of hydrogen-bond acceptors (Lipinski definition) is 4. The summed E-state index contributed by atoms with van der Waals surface area (Å²) in [5.41, 5.74) is -0.820. The molecule has 0 spiro atoms. The van der Waals surface area contributed by atoms with Crippen LogP contribution in [0.1, 0.15) is 32.3 Å². The topological polar surface area (TPSA) is 50.9 Å². The quantitative estimate of drug-likeness (QED) is 0.806. The normalized spacial score (nSPS) is 26.0. The molecule has 24 heavy (non-hydrogen) atoms. The molecule has 1 aromatic carbocycles. The molecule has 1 aliphatic rings. The fraction of sp³-hybridized carbons (Fsp3) is 0.529. The Balaban J connectivity index is 1.91. The van der Waals surface area contributed by atoms with Gasteiger partial charge in [0, 0.05) is 0 Å². The minimum absolute atomic E-state index is 0.0996. The van der Waals surface area contributed by atoms with E-state index in [0.29, 0.717) is 17.1 Å². The molecule has 0 saturated heterocycles. The van der Waals surface area contributed by atoms with E-state index < -0.39 is 11.4 Å². The van der Waals surface area contributed by atoms with Gasteiger partial charge in [-0.3, -0.25) is 0 Å². The highest BCUT2D eigenvalue weighted by atomic mass is 35.5. The van der Waals surface area contributed by atoms with Crippen LogP contribution < -0.4 is 0 Å². The lowest BCUT2D eigenvalue weighted by Gasteiger charge is -2.41. The van der Waals surface area contributed by atoms with Crippen LogP contribution in [0, 0.1) is 17.2 Å². The van der Waals surface area contributed by atoms with Gasteiger partial charge in [0.25, 0.3) is 0 Å². The van der Waals surface area contributed by atoms with Crippen molar-refractivity contribution >= 4 is 24.2 Å². The van der Waals surface area contributed by atoms with Gasteiger partial charge in [-0.2, -0.15) is 5.10 Å². The summed E-state index contributed by atoms with van der Waals surface area (Å²) < 4.78 is 15.9. The number of rotatable bonds is 4. The van der Waals surface area contributed by atoms with Gasteiger partial charge in [0.15, 0.2) is 5.16 Å². The van der Waals surface area contributed by atoms with Crippen LogP contribution in [0.5, 0.6) is 0 Å². The van der Waals surface area contributed by atoms with Crippen molar-refractivity contribution in [1.82, 2.24) is 14.8 Å². The number of aliphatic hydroxyl groups is 1. The van der Waals surface area contributed by atoms with Gasteiger partial charge < -0.3 is 5.11 Å². The number of hydrogen-bond donors (Lipinski definition) is 2. The lowest BCUT2D eigenvalue weighted by molar-refractivity contribution is -0.0924. The Labute approximate surface area is 151 Å². The molecule has 4 nitrogen and oxygen atoms in total. The van der Waals surface area contributed by atoms with Crippen molar-refractivity contribution in [1.29, 1.82) is 0 Å². The molecule has 1 fully saturated rings. The molecule has 0 bridgehead atoms. The Morgan fingerprint density at radius 1 is 1.46 bits per heavy atom. The largest absolute Gasteiger partial charge is 0.387 e. The average molecular weight is 370 g/mol. The fourth-order valence-electron chi connectivity index (χ4n) is 3.73. The second-order valence-electron chi connectivity index (χ2n) is 7.18. The summed E-state index contributed by atoms with van der Waals surface area (Å²) in [4.78, 5) is 4.00. The lowest BCUT2D eigenvalue weighted by Crippen LogP contribution is -2.49.